The number of nitrogens with zero attached hydrogens (tertiary/aromatic N) is 2. The summed E-state index contributed by atoms with van der Waals surface area (Å²) in [5.74, 6) is 0.941. The molecule has 0 atom stereocenters. The Hall–Kier alpha value is -1.29. The zero-order chi connectivity index (χ0) is 13.5. The lowest BCUT2D eigenvalue weighted by molar-refractivity contribution is 0.254. The number of pyridine rings is 1. The fraction of sp³-hybridized carbons (Fsp3) is 0.667. The average molecular weight is 262 g/mol. The number of anilines is 2. The highest BCUT2D eigenvalue weighted by Gasteiger charge is 2.18. The van der Waals surface area contributed by atoms with Crippen molar-refractivity contribution in [1.82, 2.24) is 9.88 Å². The molecule has 0 bridgehead atoms. The Morgan fingerprint density at radius 2 is 2.11 bits per heavy atom. The molecule has 0 saturated heterocycles. The van der Waals surface area contributed by atoms with Gasteiger partial charge in [0.05, 0.1) is 0 Å². The van der Waals surface area contributed by atoms with Crippen LogP contribution in [-0.2, 0) is 0 Å². The standard InChI is InChI=1S/C15H26N4/c1-3-16-15-12-13(8-9-18-15)17-10-11-19(2)14-6-4-5-7-14/h8-9,12,14H,3-7,10-11H2,1-2H3,(H2,16,17,18). The van der Waals surface area contributed by atoms with E-state index in [1.54, 1.807) is 0 Å². The van der Waals surface area contributed by atoms with Gasteiger partial charge in [0.15, 0.2) is 0 Å². The Kier molecular flexibility index (Phi) is 5.45. The van der Waals surface area contributed by atoms with E-state index in [1.807, 2.05) is 12.3 Å². The van der Waals surface area contributed by atoms with Crippen LogP contribution in [0, 0.1) is 0 Å². The first-order valence-electron chi connectivity index (χ1n) is 7.43. The first-order chi connectivity index (χ1) is 9.29. The summed E-state index contributed by atoms with van der Waals surface area (Å²) in [7, 11) is 2.24. The Bertz CT molecular complexity index is 374. The van der Waals surface area contributed by atoms with Gasteiger partial charge >= 0.3 is 0 Å². The summed E-state index contributed by atoms with van der Waals surface area (Å²) in [4.78, 5) is 6.77. The van der Waals surface area contributed by atoms with Gasteiger partial charge in [-0.1, -0.05) is 12.8 Å². The zero-order valence-electron chi connectivity index (χ0n) is 12.2. The Labute approximate surface area is 116 Å². The van der Waals surface area contributed by atoms with E-state index in [-0.39, 0.29) is 0 Å². The van der Waals surface area contributed by atoms with Crippen LogP contribution < -0.4 is 10.6 Å². The van der Waals surface area contributed by atoms with E-state index in [9.17, 15) is 0 Å². The molecule has 4 nitrogen and oxygen atoms in total. The molecule has 106 valence electrons. The van der Waals surface area contributed by atoms with Gasteiger partial charge in [0, 0.05) is 43.6 Å². The second kappa shape index (κ2) is 7.34. The summed E-state index contributed by atoms with van der Waals surface area (Å²) in [5, 5.41) is 6.71. The highest BCUT2D eigenvalue weighted by molar-refractivity contribution is 5.51. The Morgan fingerprint density at radius 3 is 2.84 bits per heavy atom. The van der Waals surface area contributed by atoms with Crippen LogP contribution in [0.4, 0.5) is 11.5 Å². The number of hydrogen-bond acceptors (Lipinski definition) is 4. The lowest BCUT2D eigenvalue weighted by Gasteiger charge is -2.24. The second-order valence-electron chi connectivity index (χ2n) is 5.31. The Balaban J connectivity index is 1.73. The van der Waals surface area contributed by atoms with E-state index >= 15 is 0 Å². The van der Waals surface area contributed by atoms with Gasteiger partial charge in [0.1, 0.15) is 5.82 Å². The molecule has 1 aromatic rings. The van der Waals surface area contributed by atoms with E-state index in [2.05, 4.69) is 40.6 Å². The molecule has 2 rings (SSSR count). The fourth-order valence-electron chi connectivity index (χ4n) is 2.72. The van der Waals surface area contributed by atoms with Gasteiger partial charge < -0.3 is 15.5 Å². The third-order valence-electron chi connectivity index (χ3n) is 3.86. The summed E-state index contributed by atoms with van der Waals surface area (Å²) >= 11 is 0. The maximum absolute atomic E-state index is 4.27. The molecule has 0 aromatic carbocycles. The lowest BCUT2D eigenvalue weighted by Crippen LogP contribution is -2.33. The van der Waals surface area contributed by atoms with Crippen molar-refractivity contribution >= 4 is 11.5 Å². The van der Waals surface area contributed by atoms with Gasteiger partial charge in [-0.15, -0.1) is 0 Å². The van der Waals surface area contributed by atoms with Crippen LogP contribution >= 0.6 is 0 Å². The maximum Gasteiger partial charge on any atom is 0.127 e. The third-order valence-corrected chi connectivity index (χ3v) is 3.86. The number of aromatic nitrogens is 1. The molecule has 2 N–H and O–H groups in total. The quantitative estimate of drug-likeness (QED) is 0.793. The summed E-state index contributed by atoms with van der Waals surface area (Å²) in [5.41, 5.74) is 1.14. The molecule has 1 aliphatic rings. The van der Waals surface area contributed by atoms with Gasteiger partial charge in [-0.3, -0.25) is 0 Å². The lowest BCUT2D eigenvalue weighted by atomic mass is 10.2. The zero-order valence-corrected chi connectivity index (χ0v) is 12.2. The van der Waals surface area contributed by atoms with Crippen LogP contribution in [0.25, 0.3) is 0 Å². The molecule has 0 spiro atoms. The number of rotatable bonds is 7. The van der Waals surface area contributed by atoms with Gasteiger partial charge in [-0.2, -0.15) is 0 Å². The SMILES string of the molecule is CCNc1cc(NCCN(C)C2CCCC2)ccn1. The molecule has 0 radical (unpaired) electrons. The molecule has 4 heteroatoms. The minimum atomic E-state index is 0.802. The third kappa shape index (κ3) is 4.39. The van der Waals surface area contributed by atoms with Crippen LogP contribution in [0.1, 0.15) is 32.6 Å². The van der Waals surface area contributed by atoms with E-state index in [0.717, 1.165) is 37.2 Å². The average Bonchev–Trinajstić information content (AvgIpc) is 2.93. The molecule has 1 saturated carbocycles. The van der Waals surface area contributed by atoms with Gasteiger partial charge in [-0.05, 0) is 32.9 Å². The van der Waals surface area contributed by atoms with Gasteiger partial charge in [-0.25, -0.2) is 4.98 Å². The van der Waals surface area contributed by atoms with Crippen LogP contribution in [0.2, 0.25) is 0 Å². The predicted molar refractivity (Wildman–Crippen MR) is 81.8 cm³/mol. The van der Waals surface area contributed by atoms with Gasteiger partial charge in [0.25, 0.3) is 0 Å². The van der Waals surface area contributed by atoms with Crippen molar-refractivity contribution in [1.29, 1.82) is 0 Å². The molecule has 0 unspecified atom stereocenters. The maximum atomic E-state index is 4.27. The second-order valence-corrected chi connectivity index (χ2v) is 5.31. The fourth-order valence-corrected chi connectivity index (χ4v) is 2.72. The topological polar surface area (TPSA) is 40.2 Å². The molecule has 1 fully saturated rings. The van der Waals surface area contributed by atoms with Crippen molar-refractivity contribution < 1.29 is 0 Å². The molecule has 0 amide bonds. The summed E-state index contributed by atoms with van der Waals surface area (Å²) in [6, 6.07) is 4.90. The van der Waals surface area contributed by atoms with Gasteiger partial charge in [0.2, 0.25) is 0 Å². The predicted octanol–water partition coefficient (Wildman–Crippen LogP) is 2.80. The molecule has 19 heavy (non-hydrogen) atoms. The van der Waals surface area contributed by atoms with Crippen molar-refractivity contribution in [3.63, 3.8) is 0 Å². The van der Waals surface area contributed by atoms with E-state index < -0.39 is 0 Å². The first kappa shape index (κ1) is 14.1. The van der Waals surface area contributed by atoms with Crippen LogP contribution in [0.5, 0.6) is 0 Å². The van der Waals surface area contributed by atoms with Crippen molar-refractivity contribution in [3.05, 3.63) is 18.3 Å². The van der Waals surface area contributed by atoms with Crippen molar-refractivity contribution in [2.75, 3.05) is 37.3 Å². The number of nitrogens with one attached hydrogen (secondary N) is 2. The van der Waals surface area contributed by atoms with Crippen LogP contribution in [-0.4, -0.2) is 42.6 Å². The van der Waals surface area contributed by atoms with E-state index in [0.29, 0.717) is 0 Å². The van der Waals surface area contributed by atoms with Crippen molar-refractivity contribution in [3.8, 4) is 0 Å². The normalized spacial score (nSPS) is 15.9. The van der Waals surface area contributed by atoms with Crippen molar-refractivity contribution in [2.45, 2.75) is 38.6 Å². The molecule has 1 aliphatic carbocycles. The minimum Gasteiger partial charge on any atom is -0.384 e. The highest BCUT2D eigenvalue weighted by Crippen LogP contribution is 2.22. The molecule has 0 aliphatic heterocycles. The number of hydrogen-bond donors (Lipinski definition) is 2. The molecular formula is C15H26N4. The van der Waals surface area contributed by atoms with E-state index in [1.165, 1.54) is 25.7 Å². The van der Waals surface area contributed by atoms with E-state index in [4.69, 9.17) is 0 Å². The largest absolute Gasteiger partial charge is 0.384 e. The summed E-state index contributed by atoms with van der Waals surface area (Å²) in [6.45, 7) is 5.07. The summed E-state index contributed by atoms with van der Waals surface area (Å²) in [6.07, 6.45) is 7.39. The first-order valence-corrected chi connectivity index (χ1v) is 7.43. The Morgan fingerprint density at radius 1 is 1.32 bits per heavy atom. The number of likely N-dealkylation sites (N-methyl/N-ethyl adjacent to an activating group) is 1. The molecule has 1 aromatic heterocycles. The van der Waals surface area contributed by atoms with Crippen LogP contribution in [0.3, 0.4) is 0 Å². The van der Waals surface area contributed by atoms with Crippen LogP contribution in [0.15, 0.2) is 18.3 Å². The smallest absolute Gasteiger partial charge is 0.127 e. The van der Waals surface area contributed by atoms with Crippen molar-refractivity contribution in [2.24, 2.45) is 0 Å². The minimum absolute atomic E-state index is 0.802. The highest BCUT2D eigenvalue weighted by atomic mass is 15.1. The molecular weight excluding hydrogens is 236 g/mol. The monoisotopic (exact) mass is 262 g/mol. The summed E-state index contributed by atoms with van der Waals surface area (Å²) < 4.78 is 0. The molecule has 1 heterocycles.